The average Bonchev–Trinajstić information content (AvgIpc) is 2.66. The molecule has 0 bridgehead atoms. The van der Waals surface area contributed by atoms with Crippen molar-refractivity contribution in [2.75, 3.05) is 7.11 Å². The van der Waals surface area contributed by atoms with Crippen molar-refractivity contribution in [2.45, 2.75) is 12.6 Å². The van der Waals surface area contributed by atoms with Crippen LogP contribution in [0, 0.1) is 0 Å². The van der Waals surface area contributed by atoms with Gasteiger partial charge in [0.1, 0.15) is 11.4 Å². The number of nitrogens with one attached hydrogen (secondary N) is 1. The predicted molar refractivity (Wildman–Crippen MR) is 61.2 cm³/mol. The standard InChI is InChI=1S/C12H10F3NO3/c1-19-6-2-3-7-8(5-10(17)18)11(12(13,14)15)16-9(7)4-6/h2-4,16H,5H2,1H3,(H,17,18). The zero-order valence-electron chi connectivity index (χ0n) is 9.84. The van der Waals surface area contributed by atoms with Gasteiger partial charge in [-0.25, -0.2) is 0 Å². The number of alkyl halides is 3. The molecule has 1 aromatic heterocycles. The van der Waals surface area contributed by atoms with Gasteiger partial charge in [-0.1, -0.05) is 0 Å². The van der Waals surface area contributed by atoms with Crippen LogP contribution in [0.4, 0.5) is 13.2 Å². The molecule has 19 heavy (non-hydrogen) atoms. The van der Waals surface area contributed by atoms with Gasteiger partial charge in [-0.3, -0.25) is 4.79 Å². The second-order valence-corrected chi connectivity index (χ2v) is 3.96. The predicted octanol–water partition coefficient (Wildman–Crippen LogP) is 2.82. The number of carbonyl (C=O) groups is 1. The van der Waals surface area contributed by atoms with E-state index >= 15 is 0 Å². The van der Waals surface area contributed by atoms with E-state index in [1.165, 1.54) is 25.3 Å². The maximum atomic E-state index is 12.9. The first-order chi connectivity index (χ1) is 8.82. The van der Waals surface area contributed by atoms with Crippen molar-refractivity contribution < 1.29 is 27.8 Å². The Morgan fingerprint density at radius 3 is 2.63 bits per heavy atom. The number of aliphatic carboxylic acids is 1. The zero-order valence-corrected chi connectivity index (χ0v) is 9.84. The van der Waals surface area contributed by atoms with Crippen LogP contribution < -0.4 is 4.74 Å². The van der Waals surface area contributed by atoms with E-state index in [1.54, 1.807) is 0 Å². The van der Waals surface area contributed by atoms with E-state index < -0.39 is 24.3 Å². The summed E-state index contributed by atoms with van der Waals surface area (Å²) in [6, 6.07) is 4.30. The lowest BCUT2D eigenvalue weighted by atomic mass is 10.1. The third-order valence-corrected chi connectivity index (χ3v) is 2.72. The van der Waals surface area contributed by atoms with Gasteiger partial charge in [0.15, 0.2) is 0 Å². The molecule has 2 rings (SSSR count). The summed E-state index contributed by atoms with van der Waals surface area (Å²) >= 11 is 0. The number of rotatable bonds is 3. The lowest BCUT2D eigenvalue weighted by Crippen LogP contribution is -2.11. The molecule has 0 spiro atoms. The molecule has 0 saturated carbocycles. The number of aromatic amines is 1. The van der Waals surface area contributed by atoms with Gasteiger partial charge < -0.3 is 14.8 Å². The molecular weight excluding hydrogens is 263 g/mol. The molecule has 0 aliphatic heterocycles. The van der Waals surface area contributed by atoms with Crippen molar-refractivity contribution in [2.24, 2.45) is 0 Å². The zero-order chi connectivity index (χ0) is 14.2. The summed E-state index contributed by atoms with van der Waals surface area (Å²) < 4.78 is 43.5. The number of fused-ring (bicyclic) bond motifs is 1. The third-order valence-electron chi connectivity index (χ3n) is 2.72. The van der Waals surface area contributed by atoms with Gasteiger partial charge >= 0.3 is 12.1 Å². The van der Waals surface area contributed by atoms with E-state index in [4.69, 9.17) is 9.84 Å². The Morgan fingerprint density at radius 1 is 1.42 bits per heavy atom. The summed E-state index contributed by atoms with van der Waals surface area (Å²) in [6.07, 6.45) is -5.32. The van der Waals surface area contributed by atoms with E-state index in [1.807, 2.05) is 0 Å². The molecule has 0 saturated heterocycles. The van der Waals surface area contributed by atoms with Gasteiger partial charge in [0.05, 0.1) is 13.5 Å². The molecule has 102 valence electrons. The van der Waals surface area contributed by atoms with E-state index in [0.717, 1.165) is 0 Å². The number of carboxylic acid groups (broad SMARTS) is 1. The van der Waals surface area contributed by atoms with Gasteiger partial charge in [-0.15, -0.1) is 0 Å². The van der Waals surface area contributed by atoms with Crippen LogP contribution in [0.5, 0.6) is 5.75 Å². The van der Waals surface area contributed by atoms with Crippen LogP contribution in [0.15, 0.2) is 18.2 Å². The van der Waals surface area contributed by atoms with Crippen LogP contribution in [0.25, 0.3) is 10.9 Å². The number of benzene rings is 1. The van der Waals surface area contributed by atoms with Crippen molar-refractivity contribution in [1.82, 2.24) is 4.98 Å². The Morgan fingerprint density at radius 2 is 2.11 bits per heavy atom. The number of hydrogen-bond donors (Lipinski definition) is 2. The summed E-state index contributed by atoms with van der Waals surface area (Å²) in [5.74, 6) is -0.924. The molecule has 0 atom stereocenters. The van der Waals surface area contributed by atoms with E-state index in [9.17, 15) is 18.0 Å². The van der Waals surface area contributed by atoms with Crippen molar-refractivity contribution in [3.8, 4) is 5.75 Å². The highest BCUT2D eigenvalue weighted by atomic mass is 19.4. The first kappa shape index (κ1) is 13.3. The van der Waals surface area contributed by atoms with Crippen LogP contribution in [-0.4, -0.2) is 23.2 Å². The molecule has 0 amide bonds. The molecule has 0 radical (unpaired) electrons. The summed E-state index contributed by atoms with van der Waals surface area (Å²) in [6.45, 7) is 0. The number of carboxylic acids is 1. The number of halogens is 3. The lowest BCUT2D eigenvalue weighted by molar-refractivity contribution is -0.142. The highest BCUT2D eigenvalue weighted by Crippen LogP contribution is 2.36. The second-order valence-electron chi connectivity index (χ2n) is 3.96. The molecular formula is C12H10F3NO3. The van der Waals surface area contributed by atoms with Gasteiger partial charge in [-0.05, 0) is 12.1 Å². The van der Waals surface area contributed by atoms with E-state index in [0.29, 0.717) is 5.75 Å². The number of aromatic nitrogens is 1. The molecule has 0 aliphatic rings. The maximum absolute atomic E-state index is 12.9. The second kappa shape index (κ2) is 4.49. The van der Waals surface area contributed by atoms with Crippen molar-refractivity contribution in [3.05, 3.63) is 29.5 Å². The molecule has 1 heterocycles. The molecule has 7 heteroatoms. The molecule has 0 fully saturated rings. The van der Waals surface area contributed by atoms with Crippen LogP contribution in [0.2, 0.25) is 0 Å². The Bertz CT molecular complexity index is 631. The SMILES string of the molecule is COc1ccc2c(CC(=O)O)c(C(F)(F)F)[nH]c2c1. The normalized spacial score (nSPS) is 11.8. The van der Waals surface area contributed by atoms with E-state index in [2.05, 4.69) is 4.98 Å². The van der Waals surface area contributed by atoms with Crippen LogP contribution >= 0.6 is 0 Å². The summed E-state index contributed by atoms with van der Waals surface area (Å²) in [5.41, 5.74) is -1.10. The van der Waals surface area contributed by atoms with Gasteiger partial charge in [0.2, 0.25) is 0 Å². The highest BCUT2D eigenvalue weighted by molar-refractivity contribution is 5.89. The van der Waals surface area contributed by atoms with Crippen LogP contribution in [0.3, 0.4) is 0 Å². The smallest absolute Gasteiger partial charge is 0.431 e. The van der Waals surface area contributed by atoms with E-state index in [-0.39, 0.29) is 16.5 Å². The van der Waals surface area contributed by atoms with Crippen LogP contribution in [0.1, 0.15) is 11.3 Å². The quantitative estimate of drug-likeness (QED) is 0.903. The monoisotopic (exact) mass is 273 g/mol. The Balaban J connectivity index is 2.68. The summed E-state index contributed by atoms with van der Waals surface area (Å²) in [4.78, 5) is 12.9. The minimum absolute atomic E-state index is 0.197. The summed E-state index contributed by atoms with van der Waals surface area (Å²) in [5, 5.41) is 8.96. The maximum Gasteiger partial charge on any atom is 0.431 e. The van der Waals surface area contributed by atoms with Gasteiger partial charge in [0, 0.05) is 22.5 Å². The Hall–Kier alpha value is -2.18. The van der Waals surface area contributed by atoms with Crippen molar-refractivity contribution >= 4 is 16.9 Å². The molecule has 4 nitrogen and oxygen atoms in total. The van der Waals surface area contributed by atoms with Crippen molar-refractivity contribution in [3.63, 3.8) is 0 Å². The van der Waals surface area contributed by atoms with Gasteiger partial charge in [-0.2, -0.15) is 13.2 Å². The number of ether oxygens (including phenoxy) is 1. The summed E-state index contributed by atoms with van der Waals surface area (Å²) in [7, 11) is 1.40. The van der Waals surface area contributed by atoms with Gasteiger partial charge in [0.25, 0.3) is 0 Å². The fraction of sp³-hybridized carbons (Fsp3) is 0.250. The topological polar surface area (TPSA) is 62.3 Å². The Labute approximate surface area is 105 Å². The fourth-order valence-corrected chi connectivity index (χ4v) is 1.94. The first-order valence-corrected chi connectivity index (χ1v) is 5.30. The number of H-pyrrole nitrogens is 1. The largest absolute Gasteiger partial charge is 0.497 e. The first-order valence-electron chi connectivity index (χ1n) is 5.30. The third kappa shape index (κ3) is 2.49. The molecule has 0 aliphatic carbocycles. The van der Waals surface area contributed by atoms with Crippen molar-refractivity contribution in [1.29, 1.82) is 0 Å². The molecule has 2 aromatic rings. The fourth-order valence-electron chi connectivity index (χ4n) is 1.94. The molecule has 2 N–H and O–H groups in total. The Kier molecular flexibility index (Phi) is 3.13. The highest BCUT2D eigenvalue weighted by Gasteiger charge is 2.36. The lowest BCUT2D eigenvalue weighted by Gasteiger charge is -2.06. The van der Waals surface area contributed by atoms with Crippen LogP contribution in [-0.2, 0) is 17.4 Å². The minimum Gasteiger partial charge on any atom is -0.497 e. The average molecular weight is 273 g/mol. The number of hydrogen-bond acceptors (Lipinski definition) is 2. The molecule has 1 aromatic carbocycles. The molecule has 0 unspecified atom stereocenters. The number of methoxy groups -OCH3 is 1. The minimum atomic E-state index is -4.63.